The molecule has 116 valence electrons. The van der Waals surface area contributed by atoms with Crippen LogP contribution in [-0.2, 0) is 9.47 Å². The first-order chi connectivity index (χ1) is 10.1. The Labute approximate surface area is 128 Å². The summed E-state index contributed by atoms with van der Waals surface area (Å²) in [5.74, 6) is 5.59. The Kier molecular flexibility index (Phi) is 4.47. The lowest BCUT2D eigenvalue weighted by molar-refractivity contribution is -0.103. The summed E-state index contributed by atoms with van der Waals surface area (Å²) in [6, 6.07) is 4.48. The normalized spacial score (nSPS) is 30.7. The number of nitrogens with two attached hydrogens (primary N) is 1. The second-order valence-corrected chi connectivity index (χ2v) is 6.33. The zero-order valence-electron chi connectivity index (χ0n) is 11.8. The largest absolute Gasteiger partial charge is 0.378 e. The predicted octanol–water partition coefficient (Wildman–Crippen LogP) is 2.57. The molecule has 3 rings (SSSR count). The SMILES string of the molecule is NNC(c1ccc(Cl)cc1F)C1CCOC2(CCOC2)C1. The van der Waals surface area contributed by atoms with Gasteiger partial charge in [-0.25, -0.2) is 4.39 Å². The minimum atomic E-state index is -0.325. The molecule has 1 spiro atoms. The van der Waals surface area contributed by atoms with Crippen LogP contribution in [0.2, 0.25) is 5.02 Å². The van der Waals surface area contributed by atoms with Crippen molar-refractivity contribution in [2.75, 3.05) is 19.8 Å². The van der Waals surface area contributed by atoms with Gasteiger partial charge < -0.3 is 9.47 Å². The summed E-state index contributed by atoms with van der Waals surface area (Å²) >= 11 is 5.82. The lowest BCUT2D eigenvalue weighted by atomic mass is 9.79. The average molecular weight is 315 g/mol. The second-order valence-electron chi connectivity index (χ2n) is 5.90. The lowest BCUT2D eigenvalue weighted by Crippen LogP contribution is -2.45. The van der Waals surface area contributed by atoms with Crippen LogP contribution in [0.1, 0.15) is 30.9 Å². The fourth-order valence-electron chi connectivity index (χ4n) is 3.45. The molecule has 0 bridgehead atoms. The van der Waals surface area contributed by atoms with E-state index < -0.39 is 0 Å². The molecule has 0 saturated carbocycles. The molecule has 3 N–H and O–H groups in total. The topological polar surface area (TPSA) is 56.5 Å². The average Bonchev–Trinajstić information content (AvgIpc) is 2.90. The van der Waals surface area contributed by atoms with E-state index in [4.69, 9.17) is 26.9 Å². The molecule has 21 heavy (non-hydrogen) atoms. The Morgan fingerprint density at radius 3 is 2.95 bits per heavy atom. The third-order valence-electron chi connectivity index (χ3n) is 4.55. The Morgan fingerprint density at radius 2 is 2.29 bits per heavy atom. The third-order valence-corrected chi connectivity index (χ3v) is 4.78. The molecule has 3 atom stereocenters. The van der Waals surface area contributed by atoms with E-state index in [0.717, 1.165) is 25.9 Å². The van der Waals surface area contributed by atoms with Crippen LogP contribution in [0.4, 0.5) is 4.39 Å². The van der Waals surface area contributed by atoms with Crippen molar-refractivity contribution >= 4 is 11.6 Å². The van der Waals surface area contributed by atoms with E-state index >= 15 is 0 Å². The summed E-state index contributed by atoms with van der Waals surface area (Å²) in [4.78, 5) is 0. The van der Waals surface area contributed by atoms with Crippen molar-refractivity contribution in [3.05, 3.63) is 34.6 Å². The Balaban J connectivity index is 1.82. The summed E-state index contributed by atoms with van der Waals surface area (Å²) in [5, 5.41) is 0.389. The van der Waals surface area contributed by atoms with Crippen molar-refractivity contribution in [3.63, 3.8) is 0 Å². The number of ether oxygens (including phenoxy) is 2. The van der Waals surface area contributed by atoms with Gasteiger partial charge in [-0.15, -0.1) is 0 Å². The molecule has 2 fully saturated rings. The van der Waals surface area contributed by atoms with Gasteiger partial charge in [-0.3, -0.25) is 11.3 Å². The molecule has 4 nitrogen and oxygen atoms in total. The van der Waals surface area contributed by atoms with E-state index in [1.807, 2.05) is 0 Å². The lowest BCUT2D eigenvalue weighted by Gasteiger charge is -2.40. The molecule has 0 amide bonds. The number of nitrogens with one attached hydrogen (secondary N) is 1. The molecule has 2 aliphatic rings. The van der Waals surface area contributed by atoms with Gasteiger partial charge in [-0.1, -0.05) is 17.7 Å². The maximum absolute atomic E-state index is 14.2. The maximum Gasteiger partial charge on any atom is 0.129 e. The van der Waals surface area contributed by atoms with Crippen LogP contribution in [0.25, 0.3) is 0 Å². The quantitative estimate of drug-likeness (QED) is 0.665. The van der Waals surface area contributed by atoms with Crippen molar-refractivity contribution in [3.8, 4) is 0 Å². The zero-order valence-corrected chi connectivity index (χ0v) is 12.5. The molecule has 2 heterocycles. The maximum atomic E-state index is 14.2. The Morgan fingerprint density at radius 1 is 1.43 bits per heavy atom. The molecule has 2 aliphatic heterocycles. The molecular weight excluding hydrogens is 295 g/mol. The number of rotatable bonds is 3. The van der Waals surface area contributed by atoms with Gasteiger partial charge in [0.15, 0.2) is 0 Å². The highest BCUT2D eigenvalue weighted by atomic mass is 35.5. The first-order valence-electron chi connectivity index (χ1n) is 7.26. The standard InChI is InChI=1S/C15H20ClFN2O2/c16-11-1-2-12(13(17)7-11)14(19-18)10-3-5-21-15(8-10)4-6-20-9-15/h1-2,7,10,14,19H,3-6,8-9,18H2. The molecule has 1 aromatic carbocycles. The van der Waals surface area contributed by atoms with Crippen molar-refractivity contribution in [2.45, 2.75) is 30.9 Å². The smallest absolute Gasteiger partial charge is 0.129 e. The van der Waals surface area contributed by atoms with E-state index in [-0.39, 0.29) is 23.4 Å². The van der Waals surface area contributed by atoms with Gasteiger partial charge in [-0.2, -0.15) is 0 Å². The highest BCUT2D eigenvalue weighted by Gasteiger charge is 2.43. The fraction of sp³-hybridized carbons (Fsp3) is 0.600. The van der Waals surface area contributed by atoms with Crippen molar-refractivity contribution in [1.82, 2.24) is 5.43 Å². The van der Waals surface area contributed by atoms with Gasteiger partial charge in [0.2, 0.25) is 0 Å². The second kappa shape index (κ2) is 6.18. The van der Waals surface area contributed by atoms with Crippen LogP contribution >= 0.6 is 11.6 Å². The summed E-state index contributed by atoms with van der Waals surface area (Å²) < 4.78 is 25.6. The van der Waals surface area contributed by atoms with E-state index in [2.05, 4.69) is 5.43 Å². The van der Waals surface area contributed by atoms with Gasteiger partial charge >= 0.3 is 0 Å². The minimum absolute atomic E-state index is 0.209. The van der Waals surface area contributed by atoms with Crippen molar-refractivity contribution < 1.29 is 13.9 Å². The summed E-state index contributed by atoms with van der Waals surface area (Å²) in [7, 11) is 0. The highest BCUT2D eigenvalue weighted by molar-refractivity contribution is 6.30. The van der Waals surface area contributed by atoms with E-state index in [1.165, 1.54) is 6.07 Å². The monoisotopic (exact) mass is 314 g/mol. The van der Waals surface area contributed by atoms with E-state index in [9.17, 15) is 4.39 Å². The van der Waals surface area contributed by atoms with Crippen LogP contribution in [0.5, 0.6) is 0 Å². The summed E-state index contributed by atoms with van der Waals surface area (Å²) in [6.07, 6.45) is 2.56. The predicted molar refractivity (Wildman–Crippen MR) is 78.3 cm³/mol. The van der Waals surface area contributed by atoms with E-state index in [1.54, 1.807) is 12.1 Å². The molecular formula is C15H20ClFN2O2. The molecule has 6 heteroatoms. The van der Waals surface area contributed by atoms with Gasteiger partial charge in [0.1, 0.15) is 5.82 Å². The van der Waals surface area contributed by atoms with Crippen LogP contribution in [0.3, 0.4) is 0 Å². The fourth-order valence-corrected chi connectivity index (χ4v) is 3.61. The number of halogens is 2. The van der Waals surface area contributed by atoms with Crippen LogP contribution in [0.15, 0.2) is 18.2 Å². The molecule has 0 radical (unpaired) electrons. The Hall–Kier alpha value is -0.720. The van der Waals surface area contributed by atoms with Crippen molar-refractivity contribution in [1.29, 1.82) is 0 Å². The van der Waals surface area contributed by atoms with Gasteiger partial charge in [0.05, 0.1) is 18.2 Å². The minimum Gasteiger partial charge on any atom is -0.378 e. The number of hydrogen-bond acceptors (Lipinski definition) is 4. The van der Waals surface area contributed by atoms with Gasteiger partial charge in [-0.05, 0) is 30.9 Å². The molecule has 0 aliphatic carbocycles. The highest BCUT2D eigenvalue weighted by Crippen LogP contribution is 2.41. The van der Waals surface area contributed by atoms with Crippen LogP contribution < -0.4 is 11.3 Å². The first-order valence-corrected chi connectivity index (χ1v) is 7.64. The molecule has 3 unspecified atom stereocenters. The summed E-state index contributed by atoms with van der Waals surface area (Å²) in [5.41, 5.74) is 3.11. The summed E-state index contributed by atoms with van der Waals surface area (Å²) in [6.45, 7) is 1.99. The number of benzene rings is 1. The first kappa shape index (κ1) is 15.2. The van der Waals surface area contributed by atoms with Crippen LogP contribution in [-0.4, -0.2) is 25.4 Å². The molecule has 2 saturated heterocycles. The molecule has 1 aromatic rings. The van der Waals surface area contributed by atoms with E-state index in [0.29, 0.717) is 23.8 Å². The Bertz CT molecular complexity index is 508. The van der Waals surface area contributed by atoms with Crippen LogP contribution in [0, 0.1) is 11.7 Å². The van der Waals surface area contributed by atoms with Gasteiger partial charge in [0.25, 0.3) is 0 Å². The van der Waals surface area contributed by atoms with Gasteiger partial charge in [0, 0.05) is 30.2 Å². The number of hydrogen-bond donors (Lipinski definition) is 2. The third kappa shape index (κ3) is 3.07. The number of hydrazine groups is 1. The molecule has 0 aromatic heterocycles. The van der Waals surface area contributed by atoms with Crippen molar-refractivity contribution in [2.24, 2.45) is 11.8 Å². The zero-order chi connectivity index (χ0) is 14.9.